The first-order chi connectivity index (χ1) is 28.9. The average molecular weight is 640 g/mol. The molecule has 0 aromatic heterocycles. The largest absolute Gasteiger partial charge is 0.458 e. The van der Waals surface area contributed by atoms with E-state index < -0.39 is 114 Å². The summed E-state index contributed by atoms with van der Waals surface area (Å²) in [6.45, 7) is 12.3. The zero-order chi connectivity index (χ0) is 45.4. The topological polar surface area (TPSA) is 21.7 Å². The Morgan fingerprint density at radius 3 is 1.56 bits per heavy atom. The molecule has 236 valence electrons. The number of benzene rings is 6. The van der Waals surface area contributed by atoms with Crippen LogP contribution in [0, 0.1) is 0 Å². The summed E-state index contributed by atoms with van der Waals surface area (Å²) in [7, 11) is 0. The Morgan fingerprint density at radius 2 is 1.02 bits per heavy atom. The molecule has 0 saturated heterocycles. The third-order valence-electron chi connectivity index (χ3n) is 8.75. The molecule has 6 aromatic rings. The Bertz CT molecular complexity index is 2810. The molecule has 0 saturated carbocycles. The van der Waals surface area contributed by atoms with E-state index in [9.17, 15) is 2.74 Å². The van der Waals surface area contributed by atoms with Crippen molar-refractivity contribution in [3.8, 4) is 34.1 Å². The summed E-state index contributed by atoms with van der Waals surface area (Å²) in [5.41, 5.74) is 1.83. The van der Waals surface area contributed by atoms with Gasteiger partial charge in [0.1, 0.15) is 23.0 Å². The van der Waals surface area contributed by atoms with E-state index in [-0.39, 0.29) is 28.0 Å². The summed E-state index contributed by atoms with van der Waals surface area (Å²) in [5.74, 6) is 1.57. The highest BCUT2D eigenvalue weighted by Gasteiger charge is 2.42. The van der Waals surface area contributed by atoms with Crippen molar-refractivity contribution in [2.45, 2.75) is 52.4 Å². The Kier molecular flexibility index (Phi) is 4.28. The molecule has 0 spiro atoms. The predicted molar refractivity (Wildman–Crippen MR) is 202 cm³/mol. The van der Waals surface area contributed by atoms with Crippen LogP contribution in [0.25, 0.3) is 11.1 Å². The van der Waals surface area contributed by atoms with Crippen LogP contribution in [-0.4, -0.2) is 6.71 Å². The first-order valence-electron chi connectivity index (χ1n) is 22.7. The van der Waals surface area contributed by atoms with Crippen molar-refractivity contribution >= 4 is 40.2 Å². The number of fused-ring (bicyclic) bond motifs is 4. The summed E-state index contributed by atoms with van der Waals surface area (Å²) >= 11 is 0. The van der Waals surface area contributed by atoms with Crippen molar-refractivity contribution in [1.82, 2.24) is 0 Å². The highest BCUT2D eigenvalue weighted by molar-refractivity contribution is 6.98. The minimum absolute atomic E-state index is 0.0216. The molecule has 0 unspecified atom stereocenters. The van der Waals surface area contributed by atoms with Gasteiger partial charge in [-0.2, -0.15) is 0 Å². The van der Waals surface area contributed by atoms with Gasteiger partial charge in [0, 0.05) is 29.0 Å². The fourth-order valence-electron chi connectivity index (χ4n) is 6.22. The normalized spacial score (nSPS) is 17.2. The molecule has 8 rings (SSSR count). The van der Waals surface area contributed by atoms with Gasteiger partial charge >= 0.3 is 0 Å². The lowest BCUT2D eigenvalue weighted by atomic mass is 9.34. The molecule has 0 atom stereocenters. The first kappa shape index (κ1) is 18.4. The molecular weight excluding hydrogens is 585 g/mol. The molecule has 2 aliphatic rings. The van der Waals surface area contributed by atoms with Crippen LogP contribution in [0.15, 0.2) is 133 Å². The molecule has 0 bridgehead atoms. The van der Waals surface area contributed by atoms with Gasteiger partial charge < -0.3 is 14.4 Å². The maximum atomic E-state index is 9.62. The van der Waals surface area contributed by atoms with Crippen LogP contribution >= 0.6 is 0 Å². The monoisotopic (exact) mass is 639 g/mol. The standard InChI is InChI=1S/C44H40BNO2/c1-43(2,3)31-20-22-38-36(25-31)45-37-26-32(44(4,5)6)21-23-39(37)48-41-28-35(27-40(47-38)42(41)45)46(33-17-11-8-12-18-33)34-19-13-16-30(24-34)29-14-9-7-10-15-29/h7-28H,1-6H3/i7D,8D,9D,10D,11D,12D,13D,14D,15D,16D,17D,18D,19D,24D. The zero-order valence-electron chi connectivity index (χ0n) is 41.5. The SMILES string of the molecule is [2H]c1c([2H])c([2H])c(-c2c([2H])c([2H])c([2H])c(N(c3cc4c5c(c3)Oc3ccc(C(C)(C)C)cc3B5c3cc(C(C)(C)C)ccc3O4)c3c([2H])c([2H])c([2H])c([2H])c3[2H])c2[2H])c([2H])c1[2H]. The third kappa shape index (κ3) is 5.26. The molecule has 48 heavy (non-hydrogen) atoms. The number of nitrogens with zero attached hydrogens (tertiary/aromatic N) is 1. The molecule has 0 aliphatic carbocycles. The number of rotatable bonds is 4. The second-order valence-corrected chi connectivity index (χ2v) is 14.0. The van der Waals surface area contributed by atoms with Crippen molar-refractivity contribution in [2.24, 2.45) is 0 Å². The number of anilines is 3. The van der Waals surface area contributed by atoms with Gasteiger partial charge in [0.05, 0.1) is 24.9 Å². The third-order valence-corrected chi connectivity index (χ3v) is 8.75. The van der Waals surface area contributed by atoms with E-state index in [0.717, 1.165) is 27.0 Å². The molecule has 4 heteroatoms. The van der Waals surface area contributed by atoms with Gasteiger partial charge in [-0.15, -0.1) is 0 Å². The summed E-state index contributed by atoms with van der Waals surface area (Å²) in [4.78, 5) is 1.04. The summed E-state index contributed by atoms with van der Waals surface area (Å²) < 4.78 is 136. The lowest BCUT2D eigenvalue weighted by Crippen LogP contribution is -2.57. The van der Waals surface area contributed by atoms with Gasteiger partial charge in [0.15, 0.2) is 0 Å². The molecule has 0 N–H and O–H groups in total. The Hall–Kier alpha value is -5.22. The van der Waals surface area contributed by atoms with Crippen LogP contribution in [0.3, 0.4) is 0 Å². The van der Waals surface area contributed by atoms with E-state index in [2.05, 4.69) is 53.7 Å². The van der Waals surface area contributed by atoms with Gasteiger partial charge in [-0.3, -0.25) is 0 Å². The maximum Gasteiger partial charge on any atom is 0.260 e. The molecular formula is C44H40BNO2. The van der Waals surface area contributed by atoms with E-state index in [0.29, 0.717) is 17.0 Å². The lowest BCUT2D eigenvalue weighted by Gasteiger charge is -2.36. The van der Waals surface area contributed by atoms with Gasteiger partial charge in [0.25, 0.3) is 6.71 Å². The van der Waals surface area contributed by atoms with Crippen LogP contribution in [0.2, 0.25) is 0 Å². The molecule has 2 aliphatic heterocycles. The lowest BCUT2D eigenvalue weighted by molar-refractivity contribution is 0.464. The van der Waals surface area contributed by atoms with Gasteiger partial charge in [0.2, 0.25) is 0 Å². The van der Waals surface area contributed by atoms with Crippen LogP contribution in [0.4, 0.5) is 17.1 Å². The summed E-state index contributed by atoms with van der Waals surface area (Å²) in [6.07, 6.45) is 0. The smallest absolute Gasteiger partial charge is 0.260 e. The van der Waals surface area contributed by atoms with Crippen molar-refractivity contribution in [2.75, 3.05) is 4.90 Å². The predicted octanol–water partition coefficient (Wildman–Crippen LogP) is 10.1. The fourth-order valence-corrected chi connectivity index (χ4v) is 6.22. The van der Waals surface area contributed by atoms with Gasteiger partial charge in [-0.05, 0) is 80.3 Å². The number of para-hydroxylation sites is 1. The Morgan fingerprint density at radius 1 is 0.521 bits per heavy atom. The average Bonchev–Trinajstić information content (AvgIpc) is 3.22. The molecule has 2 heterocycles. The molecule has 3 nitrogen and oxygen atoms in total. The van der Waals surface area contributed by atoms with E-state index in [4.69, 9.17) is 25.9 Å². The minimum atomic E-state index is -0.811. The zero-order valence-corrected chi connectivity index (χ0v) is 27.5. The van der Waals surface area contributed by atoms with E-state index in [1.54, 1.807) is 0 Å². The summed E-state index contributed by atoms with van der Waals surface area (Å²) in [5, 5.41) is 0. The highest BCUT2D eigenvalue weighted by Crippen LogP contribution is 2.43. The van der Waals surface area contributed by atoms with E-state index in [1.165, 1.54) is 12.1 Å². The molecule has 0 amide bonds. The molecule has 6 aromatic carbocycles. The van der Waals surface area contributed by atoms with Gasteiger partial charge in [-0.1, -0.05) is 126 Å². The van der Waals surface area contributed by atoms with Gasteiger partial charge in [-0.25, -0.2) is 0 Å². The van der Waals surface area contributed by atoms with Crippen LogP contribution in [0.1, 0.15) is 71.9 Å². The second kappa shape index (κ2) is 11.2. The van der Waals surface area contributed by atoms with Crippen molar-refractivity contribution in [3.05, 3.63) is 144 Å². The first-order valence-corrected chi connectivity index (χ1v) is 15.7. The second-order valence-electron chi connectivity index (χ2n) is 14.0. The maximum absolute atomic E-state index is 9.62. The highest BCUT2D eigenvalue weighted by atomic mass is 16.5. The van der Waals surface area contributed by atoms with Crippen LogP contribution < -0.4 is 30.8 Å². The Balaban J connectivity index is 1.48. The number of hydrogen-bond acceptors (Lipinski definition) is 3. The van der Waals surface area contributed by atoms with Crippen LogP contribution in [-0.2, 0) is 10.8 Å². The number of hydrogen-bond donors (Lipinski definition) is 0. The summed E-state index contributed by atoms with van der Waals surface area (Å²) in [6, 6.07) is 4.52. The van der Waals surface area contributed by atoms with Crippen LogP contribution in [0.5, 0.6) is 23.0 Å². The van der Waals surface area contributed by atoms with Crippen molar-refractivity contribution in [3.63, 3.8) is 0 Å². The Labute approximate surface area is 304 Å². The van der Waals surface area contributed by atoms with E-state index in [1.807, 2.05) is 24.3 Å². The molecule has 0 radical (unpaired) electrons. The minimum Gasteiger partial charge on any atom is -0.458 e. The van der Waals surface area contributed by atoms with Crippen molar-refractivity contribution < 1.29 is 28.7 Å². The van der Waals surface area contributed by atoms with E-state index >= 15 is 0 Å². The number of ether oxygens (including phenoxy) is 2. The quantitative estimate of drug-likeness (QED) is 0.179. The molecule has 0 fully saturated rings. The fraction of sp³-hybridized carbons (Fsp3) is 0.182. The van der Waals surface area contributed by atoms with Crippen molar-refractivity contribution in [1.29, 1.82) is 0 Å².